The Morgan fingerprint density at radius 3 is 1.93 bits per heavy atom. The van der Waals surface area contributed by atoms with Crippen LogP contribution in [0, 0.1) is 0 Å². The number of carboxylic acids is 1. The molecule has 0 aliphatic carbocycles. The summed E-state index contributed by atoms with van der Waals surface area (Å²) in [6.45, 7) is 0. The minimum absolute atomic E-state index is 0. The van der Waals surface area contributed by atoms with Crippen molar-refractivity contribution in [1.82, 2.24) is 8.75 Å². The minimum atomic E-state index is -1.54. The van der Waals surface area contributed by atoms with Crippen molar-refractivity contribution in [3.63, 3.8) is 0 Å². The molecule has 0 unspecified atom stereocenters. The van der Waals surface area contributed by atoms with Crippen molar-refractivity contribution in [2.75, 3.05) is 28.4 Å². The van der Waals surface area contributed by atoms with Gasteiger partial charge < -0.3 is 28.8 Å². The van der Waals surface area contributed by atoms with Gasteiger partial charge in [0.1, 0.15) is 11.0 Å². The average molecular weight is 571 g/mol. The van der Waals surface area contributed by atoms with Crippen molar-refractivity contribution in [3.8, 4) is 17.2 Å². The molecule has 0 fully saturated rings. The Bertz CT molecular complexity index is 1570. The van der Waals surface area contributed by atoms with Crippen molar-refractivity contribution in [3.05, 3.63) is 82.4 Å². The monoisotopic (exact) mass is 570 g/mol. The number of aromatic nitrogens is 2. The number of benzene rings is 3. The van der Waals surface area contributed by atoms with Gasteiger partial charge in [0.2, 0.25) is 5.75 Å². The van der Waals surface area contributed by atoms with Gasteiger partial charge in [-0.1, -0.05) is 18.2 Å². The van der Waals surface area contributed by atoms with Gasteiger partial charge in [0.15, 0.2) is 17.3 Å². The van der Waals surface area contributed by atoms with Crippen LogP contribution in [0.2, 0.25) is 0 Å². The number of fused-ring (bicyclic) bond motifs is 1. The first-order valence-corrected chi connectivity index (χ1v) is 12.2. The first-order chi connectivity index (χ1) is 18.8. The molecule has 0 amide bonds. The van der Waals surface area contributed by atoms with E-state index in [1.165, 1.54) is 52.7 Å². The summed E-state index contributed by atoms with van der Waals surface area (Å²) in [5.41, 5.74) is 1.95. The number of ether oxygens (including phenoxy) is 4. The minimum Gasteiger partial charge on any atom is -0.545 e. The zero-order valence-corrected chi connectivity index (χ0v) is 25.3. The Labute approximate surface area is 256 Å². The Kier molecular flexibility index (Phi) is 10.4. The summed E-state index contributed by atoms with van der Waals surface area (Å²) in [5.74, 6) is -1.92. The fourth-order valence-corrected chi connectivity index (χ4v) is 4.62. The maximum Gasteiger partial charge on any atom is 1.00 e. The van der Waals surface area contributed by atoms with Gasteiger partial charge in [-0.15, -0.1) is 0 Å². The molecule has 3 aromatic carbocycles. The van der Waals surface area contributed by atoms with Crippen molar-refractivity contribution < 1.29 is 68.0 Å². The van der Waals surface area contributed by atoms with E-state index in [2.05, 4.69) is 8.75 Å². The molecule has 1 heterocycles. The standard InChI is InChI=1S/C28H24N2O8S.Na/c1-35-22-13-18(14-23(36-2)26(22)37-3)25(31)19(11-15-5-7-16(8-6-15)28(34)38-4)24(27(32)33)17-9-10-20-21(12-17)30-39-29-20;/h5-10,12-14H,11H2,1-4H3,(H,32,33);/q;+1/p-1/b24-19+;. The number of allylic oxidation sites excluding steroid dienone is 1. The third-order valence-corrected chi connectivity index (χ3v) is 6.56. The number of ketones is 1. The molecule has 200 valence electrons. The number of esters is 1. The third-order valence-electron chi connectivity index (χ3n) is 6.01. The molecule has 4 aromatic rings. The average Bonchev–Trinajstić information content (AvgIpc) is 3.43. The summed E-state index contributed by atoms with van der Waals surface area (Å²) >= 11 is 0.990. The largest absolute Gasteiger partial charge is 1.00 e. The molecule has 0 N–H and O–H groups in total. The van der Waals surface area contributed by atoms with E-state index in [1.807, 2.05) is 0 Å². The van der Waals surface area contributed by atoms with E-state index in [-0.39, 0.29) is 75.5 Å². The summed E-state index contributed by atoms with van der Waals surface area (Å²) < 4.78 is 29.2. The Morgan fingerprint density at radius 2 is 1.38 bits per heavy atom. The van der Waals surface area contributed by atoms with Crippen molar-refractivity contribution in [2.45, 2.75) is 6.42 Å². The van der Waals surface area contributed by atoms with Crippen LogP contribution in [0.15, 0.2) is 60.2 Å². The van der Waals surface area contributed by atoms with E-state index < -0.39 is 17.7 Å². The molecule has 1 aromatic heterocycles. The third kappa shape index (κ3) is 6.34. The van der Waals surface area contributed by atoms with Crippen LogP contribution in [-0.4, -0.2) is 54.9 Å². The number of nitrogens with zero attached hydrogens (tertiary/aromatic N) is 2. The van der Waals surface area contributed by atoms with Gasteiger partial charge in [0.05, 0.1) is 51.7 Å². The number of carbonyl (C=O) groups is 3. The van der Waals surface area contributed by atoms with Crippen LogP contribution in [0.3, 0.4) is 0 Å². The van der Waals surface area contributed by atoms with Crippen molar-refractivity contribution in [1.29, 1.82) is 0 Å². The molecular formula is C28H23N2NaO8S. The molecule has 0 bridgehead atoms. The smallest absolute Gasteiger partial charge is 0.545 e. The zero-order valence-electron chi connectivity index (χ0n) is 22.5. The SMILES string of the molecule is COC(=O)c1ccc(C/C(C(=O)c2cc(OC)c(OC)c(OC)c2)=C(\C(=O)[O-])c2ccc3nsnc3c2)cc1.[Na+]. The van der Waals surface area contributed by atoms with Gasteiger partial charge in [-0.3, -0.25) is 4.79 Å². The molecule has 0 aliphatic heterocycles. The van der Waals surface area contributed by atoms with E-state index in [9.17, 15) is 19.5 Å². The fraction of sp³-hybridized carbons (Fsp3) is 0.179. The van der Waals surface area contributed by atoms with Crippen LogP contribution in [0.1, 0.15) is 31.8 Å². The number of carbonyl (C=O) groups excluding carboxylic acids is 3. The van der Waals surface area contributed by atoms with Crippen LogP contribution in [-0.2, 0) is 16.0 Å². The van der Waals surface area contributed by atoms with Crippen molar-refractivity contribution >= 4 is 46.1 Å². The molecule has 0 aliphatic rings. The van der Waals surface area contributed by atoms with Gasteiger partial charge in [-0.25, -0.2) is 4.79 Å². The van der Waals surface area contributed by atoms with E-state index in [0.29, 0.717) is 22.2 Å². The molecule has 40 heavy (non-hydrogen) atoms. The summed E-state index contributed by atoms with van der Waals surface area (Å²) in [7, 11) is 5.53. The molecule has 0 saturated carbocycles. The van der Waals surface area contributed by atoms with Crippen LogP contribution >= 0.6 is 11.7 Å². The predicted molar refractivity (Wildman–Crippen MR) is 141 cm³/mol. The number of hydrogen-bond acceptors (Lipinski definition) is 11. The molecule has 0 atom stereocenters. The second-order valence-corrected chi connectivity index (χ2v) is 8.75. The number of methoxy groups -OCH3 is 4. The summed E-state index contributed by atoms with van der Waals surface area (Å²) in [4.78, 5) is 38.5. The summed E-state index contributed by atoms with van der Waals surface area (Å²) in [6, 6.07) is 13.9. The Balaban J connectivity index is 0.00000441. The van der Waals surface area contributed by atoms with Gasteiger partial charge in [-0.2, -0.15) is 8.75 Å². The van der Waals surface area contributed by atoms with Crippen LogP contribution < -0.4 is 48.9 Å². The molecular weight excluding hydrogens is 547 g/mol. The topological polar surface area (TPSA) is 137 Å². The van der Waals surface area contributed by atoms with Crippen molar-refractivity contribution in [2.24, 2.45) is 0 Å². The fourth-order valence-electron chi connectivity index (χ4n) is 4.10. The quantitative estimate of drug-likeness (QED) is 0.112. The van der Waals surface area contributed by atoms with E-state index in [0.717, 1.165) is 11.7 Å². The molecule has 12 heteroatoms. The Hall–Kier alpha value is -3.77. The molecule has 0 radical (unpaired) electrons. The first kappa shape index (κ1) is 30.8. The Morgan fingerprint density at radius 1 is 0.775 bits per heavy atom. The number of Topliss-reactive ketones (excluding diaryl/α,β-unsaturated/α-hetero) is 1. The molecule has 0 saturated heterocycles. The first-order valence-electron chi connectivity index (χ1n) is 11.5. The van der Waals surface area contributed by atoms with E-state index >= 15 is 0 Å². The molecule has 0 spiro atoms. The second-order valence-electron chi connectivity index (χ2n) is 8.22. The summed E-state index contributed by atoms with van der Waals surface area (Å²) in [5, 5.41) is 12.6. The van der Waals surface area contributed by atoms with Crippen LogP contribution in [0.4, 0.5) is 0 Å². The number of hydrogen-bond donors (Lipinski definition) is 0. The van der Waals surface area contributed by atoms with E-state index in [1.54, 1.807) is 30.3 Å². The van der Waals surface area contributed by atoms with Gasteiger partial charge >= 0.3 is 35.5 Å². The number of aliphatic carboxylic acids is 1. The maximum absolute atomic E-state index is 14.0. The summed E-state index contributed by atoms with van der Waals surface area (Å²) in [6.07, 6.45) is -0.0897. The number of carboxylic acid groups (broad SMARTS) is 1. The zero-order chi connectivity index (χ0) is 28.1. The van der Waals surface area contributed by atoms with E-state index in [4.69, 9.17) is 18.9 Å². The normalized spacial score (nSPS) is 11.2. The maximum atomic E-state index is 14.0. The van der Waals surface area contributed by atoms with Crippen LogP contribution in [0.25, 0.3) is 16.6 Å². The van der Waals surface area contributed by atoms with Gasteiger partial charge in [0, 0.05) is 23.1 Å². The van der Waals surface area contributed by atoms with Gasteiger partial charge in [-0.05, 0) is 47.5 Å². The number of rotatable bonds is 10. The predicted octanol–water partition coefficient (Wildman–Crippen LogP) is 0.137. The van der Waals surface area contributed by atoms with Crippen LogP contribution in [0.5, 0.6) is 17.2 Å². The second kappa shape index (κ2) is 13.5. The molecule has 10 nitrogen and oxygen atoms in total. The molecule has 4 rings (SSSR count). The van der Waals surface area contributed by atoms with Gasteiger partial charge in [0.25, 0.3) is 0 Å².